The van der Waals surface area contributed by atoms with Crippen LogP contribution < -0.4 is 5.32 Å². The van der Waals surface area contributed by atoms with Crippen LogP contribution in [0, 0.1) is 5.92 Å². The highest BCUT2D eigenvalue weighted by molar-refractivity contribution is 5.54. The first-order chi connectivity index (χ1) is 7.90. The Hall–Kier alpha value is -1.02. The van der Waals surface area contributed by atoms with Crippen LogP contribution in [0.3, 0.4) is 0 Å². The minimum Gasteiger partial charge on any atom is -0.382 e. The van der Waals surface area contributed by atoms with Gasteiger partial charge >= 0.3 is 0 Å². The van der Waals surface area contributed by atoms with E-state index in [1.54, 1.807) is 0 Å². The summed E-state index contributed by atoms with van der Waals surface area (Å²) in [6.07, 6.45) is 6.00. The maximum atomic E-state index is 6.04. The van der Waals surface area contributed by atoms with Crippen molar-refractivity contribution in [3.05, 3.63) is 29.8 Å². The first kappa shape index (κ1) is 9.06. The number of rotatable bonds is 0. The van der Waals surface area contributed by atoms with Gasteiger partial charge in [0.05, 0.1) is 12.2 Å². The molecule has 4 atom stereocenters. The van der Waals surface area contributed by atoms with Crippen molar-refractivity contribution >= 4 is 5.69 Å². The van der Waals surface area contributed by atoms with Crippen molar-refractivity contribution in [1.29, 1.82) is 0 Å². The summed E-state index contributed by atoms with van der Waals surface area (Å²) in [4.78, 5) is 0. The fourth-order valence-corrected chi connectivity index (χ4v) is 3.67. The molecule has 1 N–H and O–H groups in total. The molecule has 0 aromatic heterocycles. The lowest BCUT2D eigenvalue weighted by Crippen LogP contribution is -2.46. The molecule has 3 aliphatic heterocycles. The molecule has 3 heterocycles. The highest BCUT2D eigenvalue weighted by Crippen LogP contribution is 2.42. The van der Waals surface area contributed by atoms with Crippen molar-refractivity contribution in [2.24, 2.45) is 5.92 Å². The molecular formula is C14H17NO. The second-order valence-electron chi connectivity index (χ2n) is 5.39. The molecule has 2 fully saturated rings. The summed E-state index contributed by atoms with van der Waals surface area (Å²) < 4.78 is 6.04. The highest BCUT2D eigenvalue weighted by Gasteiger charge is 2.44. The number of benzene rings is 1. The SMILES string of the molecule is c1ccc2c(c1)C[C@H]1[C@H](C[C@H]3CC[C@@H]1O3)N2. The van der Waals surface area contributed by atoms with Gasteiger partial charge in [-0.1, -0.05) is 18.2 Å². The lowest BCUT2D eigenvalue weighted by Gasteiger charge is -2.41. The molecule has 0 spiro atoms. The molecule has 0 amide bonds. The fourth-order valence-electron chi connectivity index (χ4n) is 3.67. The van der Waals surface area contributed by atoms with Crippen LogP contribution in [0.1, 0.15) is 24.8 Å². The van der Waals surface area contributed by atoms with E-state index < -0.39 is 0 Å². The summed E-state index contributed by atoms with van der Waals surface area (Å²) >= 11 is 0. The van der Waals surface area contributed by atoms with E-state index in [0.717, 1.165) is 0 Å². The van der Waals surface area contributed by atoms with Crippen LogP contribution in [0.2, 0.25) is 0 Å². The Labute approximate surface area is 96.0 Å². The lowest BCUT2D eigenvalue weighted by molar-refractivity contribution is -0.0393. The minimum absolute atomic E-state index is 0.518. The molecule has 84 valence electrons. The normalized spacial score (nSPS) is 39.8. The van der Waals surface area contributed by atoms with E-state index in [0.29, 0.717) is 24.2 Å². The second kappa shape index (κ2) is 3.24. The third kappa shape index (κ3) is 1.23. The summed E-state index contributed by atoms with van der Waals surface area (Å²) in [5, 5.41) is 3.72. The zero-order chi connectivity index (χ0) is 10.5. The van der Waals surface area contributed by atoms with Gasteiger partial charge in [0.2, 0.25) is 0 Å². The largest absolute Gasteiger partial charge is 0.382 e. The summed E-state index contributed by atoms with van der Waals surface area (Å²) in [5.74, 6) is 0.702. The molecule has 1 aromatic carbocycles. The Morgan fingerprint density at radius 3 is 3.12 bits per heavy atom. The van der Waals surface area contributed by atoms with Crippen LogP contribution in [0.15, 0.2) is 24.3 Å². The minimum atomic E-state index is 0.518. The zero-order valence-electron chi connectivity index (χ0n) is 9.36. The highest BCUT2D eigenvalue weighted by atomic mass is 16.5. The van der Waals surface area contributed by atoms with Gasteiger partial charge in [0.1, 0.15) is 0 Å². The van der Waals surface area contributed by atoms with E-state index in [2.05, 4.69) is 29.6 Å². The van der Waals surface area contributed by atoms with E-state index >= 15 is 0 Å². The summed E-state index contributed by atoms with van der Waals surface area (Å²) in [7, 11) is 0. The smallest absolute Gasteiger partial charge is 0.0630 e. The summed E-state index contributed by atoms with van der Waals surface area (Å²) in [5.41, 5.74) is 2.82. The predicted molar refractivity (Wildman–Crippen MR) is 63.6 cm³/mol. The Morgan fingerprint density at radius 1 is 1.19 bits per heavy atom. The van der Waals surface area contributed by atoms with Crippen molar-refractivity contribution in [3.8, 4) is 0 Å². The molecular weight excluding hydrogens is 198 g/mol. The van der Waals surface area contributed by atoms with Gasteiger partial charge < -0.3 is 10.1 Å². The van der Waals surface area contributed by atoms with Gasteiger partial charge in [-0.05, 0) is 37.3 Å². The lowest BCUT2D eigenvalue weighted by atomic mass is 9.81. The Morgan fingerprint density at radius 2 is 2.12 bits per heavy atom. The van der Waals surface area contributed by atoms with Crippen molar-refractivity contribution < 1.29 is 4.74 Å². The first-order valence-corrected chi connectivity index (χ1v) is 6.40. The van der Waals surface area contributed by atoms with Gasteiger partial charge in [0.25, 0.3) is 0 Å². The second-order valence-corrected chi connectivity index (χ2v) is 5.39. The van der Waals surface area contributed by atoms with Crippen LogP contribution >= 0.6 is 0 Å². The van der Waals surface area contributed by atoms with Crippen LogP contribution in [0.4, 0.5) is 5.69 Å². The van der Waals surface area contributed by atoms with Gasteiger partial charge in [-0.25, -0.2) is 0 Å². The molecule has 1 aromatic rings. The third-order valence-electron chi connectivity index (χ3n) is 4.47. The average Bonchev–Trinajstić information content (AvgIpc) is 2.71. The molecule has 3 aliphatic rings. The van der Waals surface area contributed by atoms with E-state index in [1.807, 2.05) is 0 Å². The molecule has 0 saturated carbocycles. The fraction of sp³-hybridized carbons (Fsp3) is 0.571. The standard InChI is InChI=1S/C14H17NO/c1-2-4-12-9(3-1)7-11-13(15-12)8-10-5-6-14(11)16-10/h1-4,10-11,13-15H,5-8H2/t10-,11+,13+,14+/m1/s1. The third-order valence-corrected chi connectivity index (χ3v) is 4.47. The van der Waals surface area contributed by atoms with Gasteiger partial charge in [-0.3, -0.25) is 0 Å². The van der Waals surface area contributed by atoms with E-state index in [9.17, 15) is 0 Å². The van der Waals surface area contributed by atoms with Gasteiger partial charge in [0.15, 0.2) is 0 Å². The van der Waals surface area contributed by atoms with Gasteiger partial charge in [-0.2, -0.15) is 0 Å². The van der Waals surface area contributed by atoms with Crippen molar-refractivity contribution in [1.82, 2.24) is 0 Å². The molecule has 16 heavy (non-hydrogen) atoms. The van der Waals surface area contributed by atoms with E-state index in [-0.39, 0.29) is 0 Å². The number of hydrogen-bond acceptors (Lipinski definition) is 2. The number of hydrogen-bond donors (Lipinski definition) is 1. The number of ether oxygens (including phenoxy) is 1. The Balaban J connectivity index is 1.70. The number of fused-ring (bicyclic) bond motifs is 5. The van der Waals surface area contributed by atoms with Crippen LogP contribution in [0.5, 0.6) is 0 Å². The van der Waals surface area contributed by atoms with Gasteiger partial charge in [-0.15, -0.1) is 0 Å². The maximum Gasteiger partial charge on any atom is 0.0630 e. The molecule has 4 rings (SSSR count). The van der Waals surface area contributed by atoms with E-state index in [4.69, 9.17) is 4.74 Å². The molecule has 0 unspecified atom stereocenters. The van der Waals surface area contributed by atoms with Crippen molar-refractivity contribution in [2.75, 3.05) is 5.32 Å². The molecule has 0 aliphatic carbocycles. The predicted octanol–water partition coefficient (Wildman–Crippen LogP) is 2.59. The number of nitrogens with one attached hydrogen (secondary N) is 1. The van der Waals surface area contributed by atoms with Crippen LogP contribution in [0.25, 0.3) is 0 Å². The Kier molecular flexibility index (Phi) is 1.83. The van der Waals surface area contributed by atoms with Crippen molar-refractivity contribution in [2.45, 2.75) is 43.9 Å². The summed E-state index contributed by atoms with van der Waals surface area (Å²) in [6.45, 7) is 0. The number of para-hydroxylation sites is 1. The quantitative estimate of drug-likeness (QED) is 0.718. The summed E-state index contributed by atoms with van der Waals surface area (Å²) in [6, 6.07) is 9.38. The molecule has 2 heteroatoms. The van der Waals surface area contributed by atoms with Crippen LogP contribution in [-0.4, -0.2) is 18.2 Å². The molecule has 2 saturated heterocycles. The monoisotopic (exact) mass is 215 g/mol. The molecule has 2 nitrogen and oxygen atoms in total. The first-order valence-electron chi connectivity index (χ1n) is 6.40. The number of anilines is 1. The van der Waals surface area contributed by atoms with E-state index in [1.165, 1.54) is 36.9 Å². The zero-order valence-corrected chi connectivity index (χ0v) is 9.36. The molecule has 0 radical (unpaired) electrons. The van der Waals surface area contributed by atoms with Crippen LogP contribution in [-0.2, 0) is 11.2 Å². The maximum absolute atomic E-state index is 6.04. The van der Waals surface area contributed by atoms with Gasteiger partial charge in [0, 0.05) is 17.6 Å². The average molecular weight is 215 g/mol. The Bertz CT molecular complexity index is 417. The van der Waals surface area contributed by atoms with Crippen molar-refractivity contribution in [3.63, 3.8) is 0 Å². The molecule has 2 bridgehead atoms. The topological polar surface area (TPSA) is 21.3 Å².